The monoisotopic (exact) mass is 407 g/mol. The summed E-state index contributed by atoms with van der Waals surface area (Å²) in [6, 6.07) is 13.8. The zero-order valence-corrected chi connectivity index (χ0v) is 16.1. The normalized spacial score (nSPS) is 18.4. The number of amides is 2. The lowest BCUT2D eigenvalue weighted by molar-refractivity contribution is -0.127. The molecule has 8 heteroatoms. The number of nitrogens with one attached hydrogen (secondary N) is 1. The van der Waals surface area contributed by atoms with E-state index >= 15 is 0 Å². The van der Waals surface area contributed by atoms with Crippen LogP contribution in [0.1, 0.15) is 6.42 Å². The first-order valence-electron chi connectivity index (χ1n) is 7.76. The molecule has 1 N–H and O–H groups in total. The number of aliphatic imine (C=N–C) groups is 1. The minimum absolute atomic E-state index is 0.0656. The molecule has 2 aromatic rings. The number of rotatable bonds is 4. The Balaban J connectivity index is 1.65. The van der Waals surface area contributed by atoms with Crippen LogP contribution in [0.4, 0.5) is 11.4 Å². The first-order chi connectivity index (χ1) is 12.4. The van der Waals surface area contributed by atoms with E-state index in [1.165, 1.54) is 16.7 Å². The van der Waals surface area contributed by atoms with E-state index in [1.807, 2.05) is 0 Å². The van der Waals surface area contributed by atoms with Crippen LogP contribution in [0, 0.1) is 0 Å². The molecule has 0 radical (unpaired) electrons. The molecule has 2 amide bonds. The van der Waals surface area contributed by atoms with Crippen LogP contribution in [0.25, 0.3) is 0 Å². The fourth-order valence-corrected chi connectivity index (χ4v) is 3.74. The van der Waals surface area contributed by atoms with Crippen LogP contribution in [0.15, 0.2) is 53.5 Å². The van der Waals surface area contributed by atoms with Crippen molar-refractivity contribution in [1.29, 1.82) is 0 Å². The topological polar surface area (TPSA) is 61.8 Å². The van der Waals surface area contributed by atoms with Gasteiger partial charge in [-0.2, -0.15) is 0 Å². The van der Waals surface area contributed by atoms with E-state index in [1.54, 1.807) is 55.6 Å². The maximum absolute atomic E-state index is 12.4. The van der Waals surface area contributed by atoms with Crippen molar-refractivity contribution in [2.75, 3.05) is 12.4 Å². The van der Waals surface area contributed by atoms with Crippen molar-refractivity contribution in [2.45, 2.75) is 11.7 Å². The molecule has 1 atom stereocenters. The first-order valence-corrected chi connectivity index (χ1v) is 9.40. The number of amidine groups is 1. The number of carbonyl (C=O) groups is 2. The molecule has 0 saturated carbocycles. The van der Waals surface area contributed by atoms with E-state index < -0.39 is 5.25 Å². The zero-order chi connectivity index (χ0) is 18.7. The third-order valence-corrected chi connectivity index (χ3v) is 5.42. The zero-order valence-electron chi connectivity index (χ0n) is 13.8. The summed E-state index contributed by atoms with van der Waals surface area (Å²) in [7, 11) is 1.65. The number of hydrogen-bond acceptors (Lipinski definition) is 4. The molecule has 1 saturated heterocycles. The lowest BCUT2D eigenvalue weighted by Gasteiger charge is -2.09. The fourth-order valence-electron chi connectivity index (χ4n) is 2.34. The highest BCUT2D eigenvalue weighted by atomic mass is 35.5. The summed E-state index contributed by atoms with van der Waals surface area (Å²) >= 11 is 13.0. The smallest absolute Gasteiger partial charge is 0.242 e. The van der Waals surface area contributed by atoms with Gasteiger partial charge in [-0.25, -0.2) is 4.99 Å². The minimum Gasteiger partial charge on any atom is -0.326 e. The molecule has 0 bridgehead atoms. The molecule has 26 heavy (non-hydrogen) atoms. The molecule has 0 aliphatic carbocycles. The van der Waals surface area contributed by atoms with Crippen molar-refractivity contribution in [3.05, 3.63) is 58.6 Å². The molecule has 1 unspecified atom stereocenters. The van der Waals surface area contributed by atoms with Gasteiger partial charge < -0.3 is 5.32 Å². The summed E-state index contributed by atoms with van der Waals surface area (Å²) in [6.45, 7) is 0. The van der Waals surface area contributed by atoms with Crippen molar-refractivity contribution in [1.82, 2.24) is 4.90 Å². The van der Waals surface area contributed by atoms with Crippen LogP contribution >= 0.6 is 35.0 Å². The second-order valence-electron chi connectivity index (χ2n) is 5.63. The van der Waals surface area contributed by atoms with Crippen LogP contribution in [0.2, 0.25) is 10.0 Å². The van der Waals surface area contributed by atoms with E-state index in [9.17, 15) is 9.59 Å². The average Bonchev–Trinajstić information content (AvgIpc) is 2.87. The van der Waals surface area contributed by atoms with Gasteiger partial charge in [0.1, 0.15) is 5.25 Å². The molecule has 0 aromatic heterocycles. The second-order valence-corrected chi connectivity index (χ2v) is 7.68. The Morgan fingerprint density at radius 3 is 2.31 bits per heavy atom. The quantitative estimate of drug-likeness (QED) is 0.806. The number of anilines is 1. The molecule has 1 aliphatic heterocycles. The van der Waals surface area contributed by atoms with Crippen molar-refractivity contribution in [3.8, 4) is 0 Å². The highest BCUT2D eigenvalue weighted by Crippen LogP contribution is 2.31. The van der Waals surface area contributed by atoms with Gasteiger partial charge >= 0.3 is 0 Å². The highest BCUT2D eigenvalue weighted by Gasteiger charge is 2.36. The third-order valence-electron chi connectivity index (χ3n) is 3.69. The average molecular weight is 408 g/mol. The van der Waals surface area contributed by atoms with E-state index in [4.69, 9.17) is 23.2 Å². The Labute approximate surface area is 165 Å². The van der Waals surface area contributed by atoms with Crippen LogP contribution in [-0.2, 0) is 9.59 Å². The number of halogens is 2. The summed E-state index contributed by atoms with van der Waals surface area (Å²) < 4.78 is 0. The second kappa shape index (κ2) is 8.12. The Hall–Kier alpha value is -2.02. The summed E-state index contributed by atoms with van der Waals surface area (Å²) in [5, 5.41) is 4.03. The predicted molar refractivity (Wildman–Crippen MR) is 107 cm³/mol. The number of hydrogen-bond donors (Lipinski definition) is 1. The number of carbonyl (C=O) groups excluding carboxylic acids is 2. The van der Waals surface area contributed by atoms with Gasteiger partial charge in [-0.05, 0) is 48.5 Å². The van der Waals surface area contributed by atoms with Gasteiger partial charge in [0.2, 0.25) is 11.8 Å². The summed E-state index contributed by atoms with van der Waals surface area (Å²) in [6.07, 6.45) is 0.0656. The molecule has 2 aromatic carbocycles. The number of nitrogens with zero attached hydrogens (tertiary/aromatic N) is 2. The van der Waals surface area contributed by atoms with Gasteiger partial charge in [0.05, 0.1) is 5.69 Å². The Morgan fingerprint density at radius 1 is 1.12 bits per heavy atom. The highest BCUT2D eigenvalue weighted by molar-refractivity contribution is 8.15. The Morgan fingerprint density at radius 2 is 1.69 bits per heavy atom. The minimum atomic E-state index is -0.502. The van der Waals surface area contributed by atoms with Crippen LogP contribution in [0.3, 0.4) is 0 Å². The van der Waals surface area contributed by atoms with Gasteiger partial charge in [-0.3, -0.25) is 14.5 Å². The van der Waals surface area contributed by atoms with Gasteiger partial charge in [0, 0.05) is 29.2 Å². The molecule has 5 nitrogen and oxygen atoms in total. The molecule has 0 spiro atoms. The maximum Gasteiger partial charge on any atom is 0.242 e. The van der Waals surface area contributed by atoms with Crippen molar-refractivity contribution in [3.63, 3.8) is 0 Å². The van der Waals surface area contributed by atoms with Crippen molar-refractivity contribution >= 4 is 63.3 Å². The largest absolute Gasteiger partial charge is 0.326 e. The molecule has 1 fully saturated rings. The lowest BCUT2D eigenvalue weighted by Crippen LogP contribution is -2.30. The van der Waals surface area contributed by atoms with E-state index in [2.05, 4.69) is 10.3 Å². The Bertz CT molecular complexity index is 854. The van der Waals surface area contributed by atoms with Gasteiger partial charge in [-0.15, -0.1) is 0 Å². The fraction of sp³-hybridized carbons (Fsp3) is 0.167. The standard InChI is InChI=1S/C18H15Cl2N3O2S/c1-23-17(25)15(10-16(24)21-13-6-2-11(19)3-7-13)26-18(23)22-14-8-4-12(20)5-9-14/h2-9,15H,10H2,1H3,(H,21,24). The van der Waals surface area contributed by atoms with E-state index in [0.717, 1.165) is 0 Å². The van der Waals surface area contributed by atoms with Crippen molar-refractivity contribution < 1.29 is 9.59 Å². The lowest BCUT2D eigenvalue weighted by atomic mass is 10.2. The summed E-state index contributed by atoms with van der Waals surface area (Å²) in [5.41, 5.74) is 1.33. The van der Waals surface area contributed by atoms with E-state index in [0.29, 0.717) is 26.6 Å². The van der Waals surface area contributed by atoms with Crippen LogP contribution in [-0.4, -0.2) is 34.2 Å². The molecule has 3 rings (SSSR count). The summed E-state index contributed by atoms with van der Waals surface area (Å²) in [4.78, 5) is 30.6. The first kappa shape index (κ1) is 18.8. The third kappa shape index (κ3) is 4.58. The van der Waals surface area contributed by atoms with Crippen molar-refractivity contribution in [2.24, 2.45) is 4.99 Å². The van der Waals surface area contributed by atoms with Gasteiger partial charge in [0.25, 0.3) is 0 Å². The number of thioether (sulfide) groups is 1. The molecular weight excluding hydrogens is 393 g/mol. The van der Waals surface area contributed by atoms with Crippen LogP contribution < -0.4 is 5.32 Å². The van der Waals surface area contributed by atoms with E-state index in [-0.39, 0.29) is 18.2 Å². The summed E-state index contributed by atoms with van der Waals surface area (Å²) in [5.74, 6) is -0.381. The molecule has 1 aliphatic rings. The molecule has 1 heterocycles. The van der Waals surface area contributed by atoms with Gasteiger partial charge in [0.15, 0.2) is 5.17 Å². The predicted octanol–water partition coefficient (Wildman–Crippen LogP) is 4.58. The molecular formula is C18H15Cl2N3O2S. The maximum atomic E-state index is 12.4. The molecule has 134 valence electrons. The number of benzene rings is 2. The SMILES string of the molecule is CN1C(=O)C(CC(=O)Nc2ccc(Cl)cc2)SC1=Nc1ccc(Cl)cc1. The van der Waals surface area contributed by atoms with Gasteiger partial charge in [-0.1, -0.05) is 35.0 Å². The van der Waals surface area contributed by atoms with Crippen LogP contribution in [0.5, 0.6) is 0 Å². The Kier molecular flexibility index (Phi) is 5.86.